The zero-order valence-electron chi connectivity index (χ0n) is 9.92. The summed E-state index contributed by atoms with van der Waals surface area (Å²) >= 11 is 9.30. The average molecular weight is 338 g/mol. The van der Waals surface area contributed by atoms with Crippen molar-refractivity contribution in [1.82, 2.24) is 19.7 Å². The van der Waals surface area contributed by atoms with Crippen molar-refractivity contribution in [3.8, 4) is 11.1 Å². The summed E-state index contributed by atoms with van der Waals surface area (Å²) in [6.07, 6.45) is 5.65. The van der Waals surface area contributed by atoms with E-state index in [0.29, 0.717) is 5.15 Å². The summed E-state index contributed by atoms with van der Waals surface area (Å²) in [5.41, 5.74) is 3.64. The third-order valence-corrected chi connectivity index (χ3v) is 3.35. The Bertz CT molecular complexity index is 725. The van der Waals surface area contributed by atoms with Gasteiger partial charge in [0.2, 0.25) is 0 Å². The SMILES string of the molecule is Clc1ccc2ncc(-c3cnn(CCBr)c3)cc2n1. The number of aromatic nitrogens is 4. The van der Waals surface area contributed by atoms with Crippen LogP contribution in [0.15, 0.2) is 36.8 Å². The van der Waals surface area contributed by atoms with Gasteiger partial charge < -0.3 is 0 Å². The molecule has 6 heteroatoms. The van der Waals surface area contributed by atoms with Crippen molar-refractivity contribution >= 4 is 38.6 Å². The Morgan fingerprint density at radius 3 is 2.89 bits per heavy atom. The second-order valence-corrected chi connectivity index (χ2v) is 5.26. The van der Waals surface area contributed by atoms with Crippen molar-refractivity contribution < 1.29 is 0 Å². The molecule has 4 nitrogen and oxygen atoms in total. The molecule has 19 heavy (non-hydrogen) atoms. The number of aryl methyl sites for hydroxylation is 1. The van der Waals surface area contributed by atoms with Crippen molar-refractivity contribution in [2.24, 2.45) is 0 Å². The molecule has 0 spiro atoms. The summed E-state index contributed by atoms with van der Waals surface area (Å²) in [4.78, 5) is 8.66. The van der Waals surface area contributed by atoms with Crippen LogP contribution in [-0.4, -0.2) is 25.1 Å². The van der Waals surface area contributed by atoms with Crippen molar-refractivity contribution in [1.29, 1.82) is 0 Å². The maximum atomic E-state index is 5.90. The van der Waals surface area contributed by atoms with Crippen LogP contribution in [0.4, 0.5) is 0 Å². The zero-order chi connectivity index (χ0) is 13.2. The molecule has 3 rings (SSSR count). The van der Waals surface area contributed by atoms with E-state index in [4.69, 9.17) is 11.6 Å². The molecule has 0 radical (unpaired) electrons. The van der Waals surface area contributed by atoms with Gasteiger partial charge >= 0.3 is 0 Å². The first-order chi connectivity index (χ1) is 9.26. The van der Waals surface area contributed by atoms with E-state index in [1.165, 1.54) is 0 Å². The lowest BCUT2D eigenvalue weighted by atomic mass is 10.1. The van der Waals surface area contributed by atoms with Crippen molar-refractivity contribution in [2.45, 2.75) is 6.54 Å². The predicted octanol–water partition coefficient (Wildman–Crippen LogP) is 3.54. The summed E-state index contributed by atoms with van der Waals surface area (Å²) in [7, 11) is 0. The molecule has 3 aromatic heterocycles. The van der Waals surface area contributed by atoms with Gasteiger partial charge in [-0.15, -0.1) is 0 Å². The molecule has 0 bridgehead atoms. The van der Waals surface area contributed by atoms with E-state index in [-0.39, 0.29) is 0 Å². The lowest BCUT2D eigenvalue weighted by Crippen LogP contribution is -1.97. The first kappa shape index (κ1) is 12.6. The molecule has 0 atom stereocenters. The van der Waals surface area contributed by atoms with E-state index in [0.717, 1.165) is 34.0 Å². The van der Waals surface area contributed by atoms with Gasteiger partial charge in [-0.25, -0.2) is 4.98 Å². The van der Waals surface area contributed by atoms with Crippen LogP contribution in [0.3, 0.4) is 0 Å². The molecule has 0 N–H and O–H groups in total. The Hall–Kier alpha value is -1.46. The summed E-state index contributed by atoms with van der Waals surface area (Å²) in [5, 5.41) is 5.64. The Balaban J connectivity index is 2.03. The summed E-state index contributed by atoms with van der Waals surface area (Å²) in [5.74, 6) is 0. The van der Waals surface area contributed by atoms with E-state index in [1.807, 2.05) is 35.4 Å². The molecule has 0 aliphatic rings. The highest BCUT2D eigenvalue weighted by atomic mass is 79.9. The monoisotopic (exact) mass is 336 g/mol. The molecule has 96 valence electrons. The normalized spacial score (nSPS) is 11.1. The fourth-order valence-corrected chi connectivity index (χ4v) is 2.38. The zero-order valence-corrected chi connectivity index (χ0v) is 12.3. The van der Waals surface area contributed by atoms with Crippen LogP contribution in [0, 0.1) is 0 Å². The van der Waals surface area contributed by atoms with Crippen molar-refractivity contribution in [3.63, 3.8) is 0 Å². The first-order valence-electron chi connectivity index (χ1n) is 5.77. The highest BCUT2D eigenvalue weighted by molar-refractivity contribution is 9.09. The van der Waals surface area contributed by atoms with Gasteiger partial charge in [-0.3, -0.25) is 9.67 Å². The first-order valence-corrected chi connectivity index (χ1v) is 7.27. The molecule has 0 saturated carbocycles. The average Bonchev–Trinajstić information content (AvgIpc) is 2.87. The molecule has 0 aliphatic carbocycles. The van der Waals surface area contributed by atoms with E-state index < -0.39 is 0 Å². The number of rotatable bonds is 3. The Morgan fingerprint density at radius 1 is 1.16 bits per heavy atom. The van der Waals surface area contributed by atoms with Crippen LogP contribution in [0.1, 0.15) is 0 Å². The van der Waals surface area contributed by atoms with Gasteiger partial charge in [0.25, 0.3) is 0 Å². The van der Waals surface area contributed by atoms with E-state index in [1.54, 1.807) is 6.07 Å². The maximum Gasteiger partial charge on any atom is 0.129 e. The number of hydrogen-bond donors (Lipinski definition) is 0. The van der Waals surface area contributed by atoms with Crippen LogP contribution in [0.25, 0.3) is 22.2 Å². The minimum atomic E-state index is 0.474. The Kier molecular flexibility index (Phi) is 3.48. The largest absolute Gasteiger partial charge is 0.271 e. The smallest absolute Gasteiger partial charge is 0.129 e. The number of hydrogen-bond acceptors (Lipinski definition) is 3. The summed E-state index contributed by atoms with van der Waals surface area (Å²) in [6, 6.07) is 5.58. The third kappa shape index (κ3) is 2.62. The Labute approximate surface area is 123 Å². The fraction of sp³-hybridized carbons (Fsp3) is 0.154. The van der Waals surface area contributed by atoms with Crippen LogP contribution in [0.2, 0.25) is 5.15 Å². The van der Waals surface area contributed by atoms with Gasteiger partial charge in [-0.1, -0.05) is 27.5 Å². The fourth-order valence-electron chi connectivity index (χ4n) is 1.86. The molecular formula is C13H10BrClN4. The highest BCUT2D eigenvalue weighted by Crippen LogP contribution is 2.22. The van der Waals surface area contributed by atoms with Crippen molar-refractivity contribution in [3.05, 3.63) is 41.9 Å². The Morgan fingerprint density at radius 2 is 2.05 bits per heavy atom. The van der Waals surface area contributed by atoms with Crippen LogP contribution >= 0.6 is 27.5 Å². The number of pyridine rings is 2. The van der Waals surface area contributed by atoms with Crippen LogP contribution < -0.4 is 0 Å². The quantitative estimate of drug-likeness (QED) is 0.542. The van der Waals surface area contributed by atoms with Gasteiger partial charge in [-0.05, 0) is 18.2 Å². The molecule has 0 saturated heterocycles. The highest BCUT2D eigenvalue weighted by Gasteiger charge is 2.05. The number of halogens is 2. The summed E-state index contributed by atoms with van der Waals surface area (Å²) in [6.45, 7) is 0.838. The summed E-state index contributed by atoms with van der Waals surface area (Å²) < 4.78 is 1.89. The predicted molar refractivity (Wildman–Crippen MR) is 79.6 cm³/mol. The van der Waals surface area contributed by atoms with Crippen LogP contribution in [0.5, 0.6) is 0 Å². The lowest BCUT2D eigenvalue weighted by molar-refractivity contribution is 0.669. The molecule has 3 heterocycles. The maximum absolute atomic E-state index is 5.90. The number of alkyl halides is 1. The molecule has 0 aliphatic heterocycles. The second kappa shape index (κ2) is 5.27. The van der Waals surface area contributed by atoms with E-state index >= 15 is 0 Å². The number of fused-ring (bicyclic) bond motifs is 1. The van der Waals surface area contributed by atoms with E-state index in [2.05, 4.69) is 31.0 Å². The molecule has 0 fully saturated rings. The van der Waals surface area contributed by atoms with Gasteiger partial charge in [0.15, 0.2) is 0 Å². The molecule has 0 unspecified atom stereocenters. The molecular weight excluding hydrogens is 328 g/mol. The molecule has 0 amide bonds. The number of nitrogens with zero attached hydrogens (tertiary/aromatic N) is 4. The lowest BCUT2D eigenvalue weighted by Gasteiger charge is -2.00. The molecule has 3 aromatic rings. The third-order valence-electron chi connectivity index (χ3n) is 2.78. The minimum Gasteiger partial charge on any atom is -0.271 e. The van der Waals surface area contributed by atoms with Gasteiger partial charge in [0.1, 0.15) is 5.15 Å². The van der Waals surface area contributed by atoms with E-state index in [9.17, 15) is 0 Å². The van der Waals surface area contributed by atoms with Crippen LogP contribution in [-0.2, 0) is 6.54 Å². The van der Waals surface area contributed by atoms with Crippen molar-refractivity contribution in [2.75, 3.05) is 5.33 Å². The van der Waals surface area contributed by atoms with Gasteiger partial charge in [0, 0.05) is 28.9 Å². The topological polar surface area (TPSA) is 43.6 Å². The second-order valence-electron chi connectivity index (χ2n) is 4.08. The van der Waals surface area contributed by atoms with Gasteiger partial charge in [-0.2, -0.15) is 5.10 Å². The standard InChI is InChI=1S/C13H10BrClN4/c14-3-4-19-8-10(7-17-19)9-5-12-11(16-6-9)1-2-13(15)18-12/h1-2,5-8H,3-4H2. The van der Waals surface area contributed by atoms with Gasteiger partial charge in [0.05, 0.1) is 23.8 Å². The molecule has 0 aromatic carbocycles. The minimum absolute atomic E-state index is 0.474.